The lowest BCUT2D eigenvalue weighted by Gasteiger charge is -2.30. The van der Waals surface area contributed by atoms with Crippen LogP contribution < -0.4 is 5.69 Å². The van der Waals surface area contributed by atoms with Gasteiger partial charge < -0.3 is 4.90 Å². The lowest BCUT2D eigenvalue weighted by molar-refractivity contribution is -0.133. The van der Waals surface area contributed by atoms with Crippen LogP contribution in [0.15, 0.2) is 59.4 Å². The second kappa shape index (κ2) is 7.35. The van der Waals surface area contributed by atoms with E-state index >= 15 is 0 Å². The number of hydrogen-bond acceptors (Lipinski definition) is 3. The van der Waals surface area contributed by atoms with Crippen LogP contribution in [0.25, 0.3) is 22.2 Å². The number of para-hydroxylation sites is 1. The molecule has 0 spiro atoms. The van der Waals surface area contributed by atoms with Gasteiger partial charge in [-0.25, -0.2) is 4.79 Å². The molecule has 0 aliphatic carbocycles. The van der Waals surface area contributed by atoms with E-state index in [2.05, 4.69) is 11.9 Å². The molecular formula is C22H23N3O2. The Bertz CT molecular complexity index is 1020. The molecule has 1 amide bonds. The van der Waals surface area contributed by atoms with Gasteiger partial charge in [-0.05, 0) is 24.8 Å². The smallest absolute Gasteiger partial charge is 0.341 e. The summed E-state index contributed by atoms with van der Waals surface area (Å²) in [6.07, 6.45) is 2.04. The summed E-state index contributed by atoms with van der Waals surface area (Å²) in [5.74, 6) is 0.646. The van der Waals surface area contributed by atoms with E-state index in [1.807, 2.05) is 59.5 Å². The first-order chi connectivity index (χ1) is 13.1. The number of amides is 1. The maximum absolute atomic E-state index is 12.8. The van der Waals surface area contributed by atoms with Crippen molar-refractivity contribution in [2.75, 3.05) is 13.1 Å². The number of nitrogens with zero attached hydrogens (tertiary/aromatic N) is 3. The van der Waals surface area contributed by atoms with Gasteiger partial charge in [0.15, 0.2) is 0 Å². The highest BCUT2D eigenvalue weighted by molar-refractivity contribution is 5.93. The first-order valence-corrected chi connectivity index (χ1v) is 9.46. The summed E-state index contributed by atoms with van der Waals surface area (Å²) in [5.41, 5.74) is 1.92. The molecule has 1 fully saturated rings. The number of hydrogen-bond donors (Lipinski definition) is 0. The predicted molar refractivity (Wildman–Crippen MR) is 106 cm³/mol. The van der Waals surface area contributed by atoms with E-state index in [9.17, 15) is 9.59 Å². The van der Waals surface area contributed by atoms with E-state index < -0.39 is 0 Å². The number of likely N-dealkylation sites (tertiary alicyclic amines) is 1. The molecule has 3 aromatic rings. The van der Waals surface area contributed by atoms with Gasteiger partial charge in [0.25, 0.3) is 0 Å². The first-order valence-electron chi connectivity index (χ1n) is 9.46. The fraction of sp³-hybridized carbons (Fsp3) is 0.318. The minimum absolute atomic E-state index is 0.0107. The zero-order chi connectivity index (χ0) is 18.8. The molecule has 1 aromatic heterocycles. The van der Waals surface area contributed by atoms with Gasteiger partial charge in [-0.15, -0.1) is 0 Å². The van der Waals surface area contributed by atoms with E-state index in [0.717, 1.165) is 42.4 Å². The molecule has 5 nitrogen and oxygen atoms in total. The molecule has 0 unspecified atom stereocenters. The molecule has 1 aliphatic rings. The third-order valence-electron chi connectivity index (χ3n) is 5.37. The van der Waals surface area contributed by atoms with E-state index in [4.69, 9.17) is 0 Å². The Kier molecular flexibility index (Phi) is 4.75. The highest BCUT2D eigenvalue weighted by Gasteiger charge is 2.22. The molecule has 0 atom stereocenters. The first kappa shape index (κ1) is 17.5. The summed E-state index contributed by atoms with van der Waals surface area (Å²) in [5, 5.41) is 0.878. The van der Waals surface area contributed by atoms with Gasteiger partial charge >= 0.3 is 5.69 Å². The molecule has 0 radical (unpaired) electrons. The highest BCUT2D eigenvalue weighted by atomic mass is 16.2. The minimum atomic E-state index is -0.383. The molecule has 1 saturated heterocycles. The molecular weight excluding hydrogens is 338 g/mol. The lowest BCUT2D eigenvalue weighted by atomic mass is 9.99. The fourth-order valence-corrected chi connectivity index (χ4v) is 3.69. The zero-order valence-corrected chi connectivity index (χ0v) is 15.5. The Labute approximate surface area is 158 Å². The summed E-state index contributed by atoms with van der Waals surface area (Å²) in [4.78, 5) is 31.7. The second-order valence-corrected chi connectivity index (χ2v) is 7.28. The molecule has 1 aliphatic heterocycles. The van der Waals surface area contributed by atoms with Crippen LogP contribution in [0.2, 0.25) is 0 Å². The quantitative estimate of drug-likeness (QED) is 0.719. The van der Waals surface area contributed by atoms with E-state index in [0.29, 0.717) is 11.6 Å². The molecule has 0 bridgehead atoms. The van der Waals surface area contributed by atoms with Crippen LogP contribution in [0.3, 0.4) is 0 Å². The van der Waals surface area contributed by atoms with Crippen molar-refractivity contribution in [3.63, 3.8) is 0 Å². The number of carbonyl (C=O) groups excluding carboxylic acids is 1. The fourth-order valence-electron chi connectivity index (χ4n) is 3.69. The average Bonchev–Trinajstić information content (AvgIpc) is 2.71. The van der Waals surface area contributed by atoms with Crippen LogP contribution in [0.1, 0.15) is 19.8 Å². The molecule has 138 valence electrons. The molecule has 2 heterocycles. The number of fused-ring (bicyclic) bond motifs is 1. The summed E-state index contributed by atoms with van der Waals surface area (Å²) in [7, 11) is 0. The molecule has 4 rings (SSSR count). The summed E-state index contributed by atoms with van der Waals surface area (Å²) in [6, 6.07) is 17.3. The number of carbonyl (C=O) groups is 1. The maximum Gasteiger partial charge on any atom is 0.349 e. The number of aromatic nitrogens is 2. The normalized spacial score (nSPS) is 15.2. The Morgan fingerprint density at radius 2 is 1.70 bits per heavy atom. The van der Waals surface area contributed by atoms with Crippen LogP contribution in [-0.4, -0.2) is 33.4 Å². The molecule has 2 aromatic carbocycles. The Morgan fingerprint density at radius 1 is 1.04 bits per heavy atom. The number of rotatable bonds is 3. The van der Waals surface area contributed by atoms with Crippen molar-refractivity contribution in [1.82, 2.24) is 14.5 Å². The average molecular weight is 361 g/mol. The van der Waals surface area contributed by atoms with Crippen molar-refractivity contribution in [3.05, 3.63) is 65.1 Å². The van der Waals surface area contributed by atoms with Gasteiger partial charge in [0.2, 0.25) is 5.91 Å². The Morgan fingerprint density at radius 3 is 2.44 bits per heavy atom. The summed E-state index contributed by atoms with van der Waals surface area (Å²) >= 11 is 0. The van der Waals surface area contributed by atoms with Crippen LogP contribution in [0.4, 0.5) is 0 Å². The third-order valence-corrected chi connectivity index (χ3v) is 5.37. The number of benzene rings is 2. The molecule has 0 saturated carbocycles. The van der Waals surface area contributed by atoms with E-state index in [1.54, 1.807) is 0 Å². The van der Waals surface area contributed by atoms with Crippen molar-refractivity contribution in [3.8, 4) is 11.3 Å². The van der Waals surface area contributed by atoms with Gasteiger partial charge in [-0.1, -0.05) is 55.5 Å². The largest absolute Gasteiger partial charge is 0.349 e. The zero-order valence-electron chi connectivity index (χ0n) is 15.5. The van der Waals surface area contributed by atoms with Crippen LogP contribution >= 0.6 is 0 Å². The minimum Gasteiger partial charge on any atom is -0.341 e. The van der Waals surface area contributed by atoms with Crippen LogP contribution in [0, 0.1) is 5.92 Å². The maximum atomic E-state index is 12.8. The monoisotopic (exact) mass is 361 g/mol. The second-order valence-electron chi connectivity index (χ2n) is 7.28. The molecule has 27 heavy (non-hydrogen) atoms. The van der Waals surface area contributed by atoms with Gasteiger partial charge in [-0.3, -0.25) is 9.36 Å². The Balaban J connectivity index is 1.73. The predicted octanol–water partition coefficient (Wildman–Crippen LogP) is 3.32. The van der Waals surface area contributed by atoms with Gasteiger partial charge in [0.05, 0.1) is 11.2 Å². The Hall–Kier alpha value is -2.95. The van der Waals surface area contributed by atoms with Gasteiger partial charge in [-0.2, -0.15) is 4.98 Å². The van der Waals surface area contributed by atoms with Gasteiger partial charge in [0.1, 0.15) is 6.54 Å². The van der Waals surface area contributed by atoms with E-state index in [-0.39, 0.29) is 18.1 Å². The third kappa shape index (κ3) is 3.50. The topological polar surface area (TPSA) is 55.2 Å². The molecule has 5 heteroatoms. The van der Waals surface area contributed by atoms with Crippen molar-refractivity contribution in [1.29, 1.82) is 0 Å². The van der Waals surface area contributed by atoms with Crippen LogP contribution in [0.5, 0.6) is 0 Å². The van der Waals surface area contributed by atoms with Crippen molar-refractivity contribution in [2.24, 2.45) is 5.92 Å². The standard InChI is InChI=1S/C22H23N3O2/c1-16-11-13-24(14-12-16)20(26)15-25-19-10-6-5-9-18(19)21(23-22(25)27)17-7-3-2-4-8-17/h2-10,16H,11-15H2,1H3. The summed E-state index contributed by atoms with van der Waals surface area (Å²) < 4.78 is 1.50. The van der Waals surface area contributed by atoms with Crippen molar-refractivity contribution < 1.29 is 4.79 Å². The molecule has 0 N–H and O–H groups in total. The lowest BCUT2D eigenvalue weighted by Crippen LogP contribution is -2.41. The van der Waals surface area contributed by atoms with Crippen molar-refractivity contribution in [2.45, 2.75) is 26.3 Å². The van der Waals surface area contributed by atoms with Crippen LogP contribution in [-0.2, 0) is 11.3 Å². The highest BCUT2D eigenvalue weighted by Crippen LogP contribution is 2.25. The SMILES string of the molecule is CC1CCN(C(=O)Cn2c(=O)nc(-c3ccccc3)c3ccccc32)CC1. The van der Waals surface area contributed by atoms with Crippen molar-refractivity contribution >= 4 is 16.8 Å². The number of piperidine rings is 1. The van der Waals surface area contributed by atoms with E-state index in [1.165, 1.54) is 4.57 Å². The summed E-state index contributed by atoms with van der Waals surface area (Å²) in [6.45, 7) is 3.78. The van der Waals surface area contributed by atoms with Gasteiger partial charge in [0, 0.05) is 24.0 Å².